The Morgan fingerprint density at radius 1 is 1.31 bits per heavy atom. The molecule has 0 aliphatic carbocycles. The molecule has 0 bridgehead atoms. The monoisotopic (exact) mass is 354 g/mol. The van der Waals surface area contributed by atoms with Crippen LogP contribution in [0.2, 0.25) is 0 Å². The Kier molecular flexibility index (Phi) is 4.93. The van der Waals surface area contributed by atoms with Gasteiger partial charge in [0.1, 0.15) is 5.75 Å². The molecule has 6 heteroatoms. The number of methoxy groups -OCH3 is 1. The molecule has 2 aromatic rings. The predicted molar refractivity (Wildman–Crippen MR) is 98.8 cm³/mol. The second-order valence-corrected chi connectivity index (χ2v) is 7.22. The van der Waals surface area contributed by atoms with Crippen LogP contribution < -0.4 is 4.74 Å². The van der Waals surface area contributed by atoms with Crippen LogP contribution >= 0.6 is 0 Å². The van der Waals surface area contributed by atoms with Crippen molar-refractivity contribution in [1.29, 1.82) is 0 Å². The van der Waals surface area contributed by atoms with E-state index >= 15 is 0 Å². The summed E-state index contributed by atoms with van der Waals surface area (Å²) < 4.78 is 7.50. The number of benzene rings is 1. The van der Waals surface area contributed by atoms with Crippen molar-refractivity contribution in [2.75, 3.05) is 26.7 Å². The SMILES string of the molecule is COc1cccc(CN2Cc3ccnn3C(CCN3CCCC3=O)C2)c1. The lowest BCUT2D eigenvalue weighted by Gasteiger charge is -2.34. The van der Waals surface area contributed by atoms with Crippen LogP contribution in [0.15, 0.2) is 36.5 Å². The van der Waals surface area contributed by atoms with Crippen LogP contribution in [-0.2, 0) is 17.9 Å². The van der Waals surface area contributed by atoms with E-state index in [0.29, 0.717) is 18.4 Å². The normalized spacial score (nSPS) is 20.4. The molecule has 1 amide bonds. The lowest BCUT2D eigenvalue weighted by Crippen LogP contribution is -2.39. The maximum absolute atomic E-state index is 11.9. The Bertz CT molecular complexity index is 773. The number of ether oxygens (including phenoxy) is 1. The summed E-state index contributed by atoms with van der Waals surface area (Å²) in [5, 5.41) is 4.54. The Hall–Kier alpha value is -2.34. The number of likely N-dealkylation sites (tertiary alicyclic amines) is 1. The molecule has 3 heterocycles. The average molecular weight is 354 g/mol. The van der Waals surface area contributed by atoms with E-state index in [1.54, 1.807) is 7.11 Å². The summed E-state index contributed by atoms with van der Waals surface area (Å²) in [4.78, 5) is 16.4. The Morgan fingerprint density at radius 3 is 3.04 bits per heavy atom. The van der Waals surface area contributed by atoms with Gasteiger partial charge >= 0.3 is 0 Å². The molecule has 0 spiro atoms. The summed E-state index contributed by atoms with van der Waals surface area (Å²) in [6.07, 6.45) is 4.55. The van der Waals surface area contributed by atoms with Gasteiger partial charge in [0, 0.05) is 45.3 Å². The quantitative estimate of drug-likeness (QED) is 0.800. The predicted octanol–water partition coefficient (Wildman–Crippen LogP) is 2.46. The highest BCUT2D eigenvalue weighted by Gasteiger charge is 2.27. The summed E-state index contributed by atoms with van der Waals surface area (Å²) in [6, 6.07) is 10.7. The second-order valence-electron chi connectivity index (χ2n) is 7.22. The largest absolute Gasteiger partial charge is 0.497 e. The minimum atomic E-state index is 0.301. The van der Waals surface area contributed by atoms with Crippen molar-refractivity contribution in [3.63, 3.8) is 0 Å². The molecule has 0 saturated carbocycles. The molecule has 1 fully saturated rings. The van der Waals surface area contributed by atoms with Gasteiger partial charge in [0.05, 0.1) is 18.8 Å². The van der Waals surface area contributed by atoms with Crippen molar-refractivity contribution >= 4 is 5.91 Å². The molecule has 138 valence electrons. The molecule has 26 heavy (non-hydrogen) atoms. The Labute approximate surface area is 154 Å². The first-order valence-corrected chi connectivity index (χ1v) is 9.38. The lowest BCUT2D eigenvalue weighted by atomic mass is 10.1. The molecule has 0 N–H and O–H groups in total. The minimum absolute atomic E-state index is 0.301. The fraction of sp³-hybridized carbons (Fsp3) is 0.500. The molecule has 2 aliphatic heterocycles. The first kappa shape index (κ1) is 17.1. The maximum atomic E-state index is 11.9. The number of aromatic nitrogens is 2. The molecular formula is C20H26N4O2. The summed E-state index contributed by atoms with van der Waals surface area (Å²) in [5.41, 5.74) is 2.50. The number of nitrogens with zero attached hydrogens (tertiary/aromatic N) is 4. The van der Waals surface area contributed by atoms with E-state index in [9.17, 15) is 4.79 Å². The molecule has 1 aromatic heterocycles. The van der Waals surface area contributed by atoms with Gasteiger partial charge in [-0.05, 0) is 36.6 Å². The number of carbonyl (C=O) groups excluding carboxylic acids is 1. The topological polar surface area (TPSA) is 50.6 Å². The highest BCUT2D eigenvalue weighted by Crippen LogP contribution is 2.26. The summed E-state index contributed by atoms with van der Waals surface area (Å²) in [6.45, 7) is 4.48. The summed E-state index contributed by atoms with van der Waals surface area (Å²) in [5.74, 6) is 1.20. The van der Waals surface area contributed by atoms with Crippen LogP contribution in [0.1, 0.15) is 36.6 Å². The Balaban J connectivity index is 1.44. The molecule has 1 aromatic carbocycles. The lowest BCUT2D eigenvalue weighted by molar-refractivity contribution is -0.127. The zero-order valence-electron chi connectivity index (χ0n) is 15.3. The van der Waals surface area contributed by atoms with Gasteiger partial charge in [-0.15, -0.1) is 0 Å². The number of rotatable bonds is 6. The third kappa shape index (κ3) is 3.60. The van der Waals surface area contributed by atoms with Crippen LogP contribution in [0, 0.1) is 0 Å². The number of hydrogen-bond donors (Lipinski definition) is 0. The van der Waals surface area contributed by atoms with Crippen molar-refractivity contribution in [1.82, 2.24) is 19.6 Å². The molecule has 1 unspecified atom stereocenters. The molecule has 1 atom stereocenters. The highest BCUT2D eigenvalue weighted by molar-refractivity contribution is 5.78. The number of carbonyl (C=O) groups is 1. The molecule has 6 nitrogen and oxygen atoms in total. The van der Waals surface area contributed by atoms with Crippen LogP contribution in [-0.4, -0.2) is 52.2 Å². The van der Waals surface area contributed by atoms with Crippen LogP contribution in [0.25, 0.3) is 0 Å². The van der Waals surface area contributed by atoms with Gasteiger partial charge < -0.3 is 9.64 Å². The first-order valence-electron chi connectivity index (χ1n) is 9.38. The van der Waals surface area contributed by atoms with E-state index in [1.807, 2.05) is 23.2 Å². The van der Waals surface area contributed by atoms with Crippen molar-refractivity contribution in [2.45, 2.75) is 38.4 Å². The van der Waals surface area contributed by atoms with Crippen molar-refractivity contribution < 1.29 is 9.53 Å². The summed E-state index contributed by atoms with van der Waals surface area (Å²) in [7, 11) is 1.70. The van der Waals surface area contributed by atoms with Gasteiger partial charge in [0.15, 0.2) is 0 Å². The van der Waals surface area contributed by atoms with Gasteiger partial charge in [-0.2, -0.15) is 5.10 Å². The molecular weight excluding hydrogens is 328 g/mol. The fourth-order valence-electron chi connectivity index (χ4n) is 4.07. The van der Waals surface area contributed by atoms with Crippen LogP contribution in [0.4, 0.5) is 0 Å². The fourth-order valence-corrected chi connectivity index (χ4v) is 4.07. The summed E-state index contributed by atoms with van der Waals surface area (Å²) >= 11 is 0. The van der Waals surface area contributed by atoms with Crippen molar-refractivity contribution in [3.8, 4) is 5.75 Å². The van der Waals surface area contributed by atoms with Crippen molar-refractivity contribution in [3.05, 3.63) is 47.8 Å². The molecule has 0 radical (unpaired) electrons. The number of hydrogen-bond acceptors (Lipinski definition) is 4. The van der Waals surface area contributed by atoms with Crippen molar-refractivity contribution in [2.24, 2.45) is 0 Å². The first-order chi connectivity index (χ1) is 12.7. The molecule has 2 aliphatic rings. The standard InChI is InChI=1S/C20H26N4O2/c1-26-19-5-2-4-16(12-19)13-22-14-17-7-9-21-24(17)18(15-22)8-11-23-10-3-6-20(23)25/h2,4-5,7,9,12,18H,3,6,8,10-11,13-15H2,1H3. The van der Waals surface area contributed by atoms with Gasteiger partial charge in [0.2, 0.25) is 5.91 Å². The number of amides is 1. The average Bonchev–Trinajstić information content (AvgIpc) is 3.28. The molecule has 4 rings (SSSR count). The Morgan fingerprint density at radius 2 is 2.23 bits per heavy atom. The van der Waals surface area contributed by atoms with E-state index < -0.39 is 0 Å². The zero-order chi connectivity index (χ0) is 17.9. The van der Waals surface area contributed by atoms with Gasteiger partial charge in [-0.1, -0.05) is 12.1 Å². The maximum Gasteiger partial charge on any atom is 0.222 e. The number of fused-ring (bicyclic) bond motifs is 1. The zero-order valence-corrected chi connectivity index (χ0v) is 15.3. The minimum Gasteiger partial charge on any atom is -0.497 e. The third-order valence-corrected chi connectivity index (χ3v) is 5.40. The van der Waals surface area contributed by atoms with E-state index in [1.165, 1.54) is 11.3 Å². The third-order valence-electron chi connectivity index (χ3n) is 5.40. The van der Waals surface area contributed by atoms with E-state index in [4.69, 9.17) is 4.74 Å². The highest BCUT2D eigenvalue weighted by atomic mass is 16.5. The van der Waals surface area contributed by atoms with E-state index in [2.05, 4.69) is 32.9 Å². The van der Waals surface area contributed by atoms with Crippen LogP contribution in [0.3, 0.4) is 0 Å². The van der Waals surface area contributed by atoms with E-state index in [-0.39, 0.29) is 0 Å². The van der Waals surface area contributed by atoms with Crippen LogP contribution in [0.5, 0.6) is 5.75 Å². The van der Waals surface area contributed by atoms with Gasteiger partial charge in [-0.3, -0.25) is 14.4 Å². The second kappa shape index (κ2) is 7.50. The van der Waals surface area contributed by atoms with Gasteiger partial charge in [-0.25, -0.2) is 0 Å². The smallest absolute Gasteiger partial charge is 0.222 e. The van der Waals surface area contributed by atoms with E-state index in [0.717, 1.165) is 51.3 Å². The van der Waals surface area contributed by atoms with Gasteiger partial charge in [0.25, 0.3) is 0 Å². The molecule has 1 saturated heterocycles.